The van der Waals surface area contributed by atoms with Crippen molar-refractivity contribution in [1.82, 2.24) is 0 Å². The number of rotatable bonds is 5. The number of benzene rings is 2. The van der Waals surface area contributed by atoms with E-state index in [0.29, 0.717) is 6.61 Å². The van der Waals surface area contributed by atoms with Crippen molar-refractivity contribution < 1.29 is 14.3 Å². The van der Waals surface area contributed by atoms with Crippen LogP contribution in [-0.4, -0.2) is 13.1 Å². The van der Waals surface area contributed by atoms with Crippen LogP contribution in [0.5, 0.6) is 5.75 Å². The molecule has 3 nitrogen and oxygen atoms in total. The van der Waals surface area contributed by atoms with Gasteiger partial charge in [0.25, 0.3) is 0 Å². The molecule has 21 heavy (non-hydrogen) atoms. The van der Waals surface area contributed by atoms with Crippen molar-refractivity contribution in [2.45, 2.75) is 13.5 Å². The maximum atomic E-state index is 11.1. The molecule has 0 aliphatic carbocycles. The molecule has 0 spiro atoms. The molecule has 0 unspecified atom stereocenters. The zero-order valence-electron chi connectivity index (χ0n) is 12.2. The highest BCUT2D eigenvalue weighted by Crippen LogP contribution is 2.21. The van der Waals surface area contributed by atoms with Gasteiger partial charge in [0.1, 0.15) is 12.4 Å². The van der Waals surface area contributed by atoms with Gasteiger partial charge in [-0.15, -0.1) is 0 Å². The number of hydrogen-bond donors (Lipinski definition) is 0. The molecule has 0 saturated carbocycles. The van der Waals surface area contributed by atoms with E-state index in [1.54, 1.807) is 6.08 Å². The Morgan fingerprint density at radius 2 is 1.90 bits per heavy atom. The van der Waals surface area contributed by atoms with Crippen LogP contribution >= 0.6 is 0 Å². The lowest BCUT2D eigenvalue weighted by Crippen LogP contribution is -1.97. The lowest BCUT2D eigenvalue weighted by Gasteiger charge is -2.09. The van der Waals surface area contributed by atoms with Gasteiger partial charge >= 0.3 is 5.97 Å². The van der Waals surface area contributed by atoms with Crippen LogP contribution in [0.1, 0.15) is 16.7 Å². The zero-order chi connectivity index (χ0) is 15.1. The van der Waals surface area contributed by atoms with Crippen LogP contribution in [0.2, 0.25) is 0 Å². The van der Waals surface area contributed by atoms with Crippen LogP contribution in [0.3, 0.4) is 0 Å². The van der Waals surface area contributed by atoms with Crippen molar-refractivity contribution in [3.8, 4) is 5.75 Å². The molecular weight excluding hydrogens is 264 g/mol. The molecule has 2 aromatic rings. The zero-order valence-corrected chi connectivity index (χ0v) is 12.2. The van der Waals surface area contributed by atoms with Crippen LogP contribution in [0.15, 0.2) is 54.6 Å². The van der Waals surface area contributed by atoms with E-state index in [1.165, 1.54) is 13.2 Å². The van der Waals surface area contributed by atoms with Gasteiger partial charge in [-0.25, -0.2) is 4.79 Å². The number of hydrogen-bond acceptors (Lipinski definition) is 3. The maximum absolute atomic E-state index is 11.1. The minimum absolute atomic E-state index is 0.364. The summed E-state index contributed by atoms with van der Waals surface area (Å²) in [5.74, 6) is 0.478. The molecule has 0 saturated heterocycles. The number of esters is 1. The molecule has 0 aromatic heterocycles. The molecule has 2 rings (SSSR count). The Kier molecular flexibility index (Phi) is 5.16. The summed E-state index contributed by atoms with van der Waals surface area (Å²) in [5.41, 5.74) is 3.09. The van der Waals surface area contributed by atoms with E-state index in [0.717, 1.165) is 22.4 Å². The Bertz CT molecular complexity index is 630. The maximum Gasteiger partial charge on any atom is 0.330 e. The number of aryl methyl sites for hydroxylation is 1. The average Bonchev–Trinajstić information content (AvgIpc) is 2.52. The largest absolute Gasteiger partial charge is 0.489 e. The second-order valence-electron chi connectivity index (χ2n) is 4.66. The first kappa shape index (κ1) is 14.9. The van der Waals surface area contributed by atoms with Crippen LogP contribution in [0, 0.1) is 6.92 Å². The molecule has 0 atom stereocenters. The van der Waals surface area contributed by atoms with Crippen LogP contribution in [0.25, 0.3) is 6.08 Å². The molecule has 0 aliphatic heterocycles. The standard InChI is InChI=1S/C18H18O3/c1-14-12-15(9-11-18(19)20-2)8-10-17(14)21-13-16-6-4-3-5-7-16/h3-12H,13H2,1-2H3/b11-9+. The third kappa shape index (κ3) is 4.49. The minimum Gasteiger partial charge on any atom is -0.489 e. The fourth-order valence-electron chi connectivity index (χ4n) is 1.91. The Morgan fingerprint density at radius 3 is 2.57 bits per heavy atom. The van der Waals surface area contributed by atoms with E-state index in [4.69, 9.17) is 4.74 Å². The second kappa shape index (κ2) is 7.29. The number of ether oxygens (including phenoxy) is 2. The fraction of sp³-hybridized carbons (Fsp3) is 0.167. The summed E-state index contributed by atoms with van der Waals surface area (Å²) in [6.07, 6.45) is 3.12. The van der Waals surface area contributed by atoms with Gasteiger partial charge in [0.15, 0.2) is 0 Å². The lowest BCUT2D eigenvalue weighted by atomic mass is 10.1. The summed E-state index contributed by atoms with van der Waals surface area (Å²) in [4.78, 5) is 11.1. The highest BCUT2D eigenvalue weighted by atomic mass is 16.5. The fourth-order valence-corrected chi connectivity index (χ4v) is 1.91. The normalized spacial score (nSPS) is 10.6. The summed E-state index contributed by atoms with van der Waals surface area (Å²) < 4.78 is 10.4. The van der Waals surface area contributed by atoms with E-state index in [-0.39, 0.29) is 5.97 Å². The summed E-state index contributed by atoms with van der Waals surface area (Å²) in [5, 5.41) is 0. The number of carbonyl (C=O) groups is 1. The average molecular weight is 282 g/mol. The van der Waals surface area contributed by atoms with Crippen LogP contribution < -0.4 is 4.74 Å². The van der Waals surface area contributed by atoms with Gasteiger partial charge in [-0.3, -0.25) is 0 Å². The summed E-state index contributed by atoms with van der Waals surface area (Å²) in [6, 6.07) is 15.8. The number of methoxy groups -OCH3 is 1. The molecule has 108 valence electrons. The van der Waals surface area contributed by atoms with Crippen molar-refractivity contribution in [2.24, 2.45) is 0 Å². The van der Waals surface area contributed by atoms with Crippen LogP contribution in [-0.2, 0) is 16.1 Å². The van der Waals surface area contributed by atoms with Gasteiger partial charge < -0.3 is 9.47 Å². The van der Waals surface area contributed by atoms with Gasteiger partial charge in [0.2, 0.25) is 0 Å². The van der Waals surface area contributed by atoms with E-state index < -0.39 is 0 Å². The quantitative estimate of drug-likeness (QED) is 0.618. The first-order chi connectivity index (χ1) is 10.2. The Balaban J connectivity index is 2.02. The smallest absolute Gasteiger partial charge is 0.330 e. The van der Waals surface area contributed by atoms with E-state index >= 15 is 0 Å². The molecule has 0 amide bonds. The predicted octanol–water partition coefficient (Wildman–Crippen LogP) is 3.76. The predicted molar refractivity (Wildman–Crippen MR) is 83.0 cm³/mol. The SMILES string of the molecule is COC(=O)/C=C/c1ccc(OCc2ccccc2)c(C)c1. The molecule has 2 aromatic carbocycles. The molecular formula is C18H18O3. The van der Waals surface area contributed by atoms with E-state index in [2.05, 4.69) is 4.74 Å². The van der Waals surface area contributed by atoms with Gasteiger partial charge in [0.05, 0.1) is 7.11 Å². The monoisotopic (exact) mass is 282 g/mol. The Hall–Kier alpha value is -2.55. The third-order valence-electron chi connectivity index (χ3n) is 3.05. The highest BCUT2D eigenvalue weighted by molar-refractivity contribution is 5.86. The summed E-state index contributed by atoms with van der Waals surface area (Å²) >= 11 is 0. The molecule has 0 aliphatic rings. The van der Waals surface area contributed by atoms with E-state index in [9.17, 15) is 4.79 Å². The Morgan fingerprint density at radius 1 is 1.14 bits per heavy atom. The molecule has 0 bridgehead atoms. The van der Waals surface area contributed by atoms with E-state index in [1.807, 2.05) is 55.5 Å². The van der Waals surface area contributed by atoms with Gasteiger partial charge in [0, 0.05) is 6.08 Å². The van der Waals surface area contributed by atoms with Gasteiger partial charge in [-0.2, -0.15) is 0 Å². The topological polar surface area (TPSA) is 35.5 Å². The van der Waals surface area contributed by atoms with Crippen molar-refractivity contribution in [1.29, 1.82) is 0 Å². The first-order valence-corrected chi connectivity index (χ1v) is 6.72. The van der Waals surface area contributed by atoms with Crippen molar-refractivity contribution in [3.05, 3.63) is 71.3 Å². The number of carbonyl (C=O) groups excluding carboxylic acids is 1. The molecule has 0 heterocycles. The first-order valence-electron chi connectivity index (χ1n) is 6.72. The summed E-state index contributed by atoms with van der Waals surface area (Å²) in [7, 11) is 1.36. The van der Waals surface area contributed by atoms with Crippen LogP contribution in [0.4, 0.5) is 0 Å². The third-order valence-corrected chi connectivity index (χ3v) is 3.05. The molecule has 0 N–H and O–H groups in total. The Labute approximate surface area is 124 Å². The minimum atomic E-state index is -0.364. The van der Waals surface area contributed by atoms with Gasteiger partial charge in [-0.05, 0) is 41.8 Å². The summed E-state index contributed by atoms with van der Waals surface area (Å²) in [6.45, 7) is 2.52. The van der Waals surface area contributed by atoms with Crippen molar-refractivity contribution >= 4 is 12.0 Å². The lowest BCUT2D eigenvalue weighted by molar-refractivity contribution is -0.134. The molecule has 3 heteroatoms. The highest BCUT2D eigenvalue weighted by Gasteiger charge is 2.01. The van der Waals surface area contributed by atoms with Gasteiger partial charge in [-0.1, -0.05) is 36.4 Å². The molecule has 0 fully saturated rings. The van der Waals surface area contributed by atoms with Crippen molar-refractivity contribution in [3.63, 3.8) is 0 Å². The van der Waals surface area contributed by atoms with Crippen molar-refractivity contribution in [2.75, 3.05) is 7.11 Å². The molecule has 0 radical (unpaired) electrons. The second-order valence-corrected chi connectivity index (χ2v) is 4.66.